The van der Waals surface area contributed by atoms with Crippen molar-refractivity contribution in [2.75, 3.05) is 6.54 Å². The lowest BCUT2D eigenvalue weighted by Crippen LogP contribution is -2.51. The summed E-state index contributed by atoms with van der Waals surface area (Å²) in [6.07, 6.45) is 2.08. The van der Waals surface area contributed by atoms with Gasteiger partial charge in [0.2, 0.25) is 0 Å². The predicted molar refractivity (Wildman–Crippen MR) is 111 cm³/mol. The van der Waals surface area contributed by atoms with E-state index in [2.05, 4.69) is 16.0 Å². The molecule has 150 valence electrons. The van der Waals surface area contributed by atoms with Crippen LogP contribution in [0.25, 0.3) is 11.1 Å². The molecule has 0 radical (unpaired) electrons. The summed E-state index contributed by atoms with van der Waals surface area (Å²) in [7, 11) is 0. The largest absolute Gasteiger partial charge is 0.352 e. The fraction of sp³-hybridized carbons (Fsp3) is 0.286. The van der Waals surface area contributed by atoms with E-state index >= 15 is 0 Å². The van der Waals surface area contributed by atoms with E-state index in [0.717, 1.165) is 18.4 Å². The Labute approximate surface area is 178 Å². The Kier molecular flexibility index (Phi) is 5.23. The topological polar surface area (TPSA) is 87.3 Å². The van der Waals surface area contributed by atoms with Crippen molar-refractivity contribution in [2.24, 2.45) is 5.92 Å². The van der Waals surface area contributed by atoms with E-state index in [1.54, 1.807) is 24.3 Å². The molecule has 1 saturated heterocycles. The maximum absolute atomic E-state index is 12.9. The number of benzene rings is 2. The van der Waals surface area contributed by atoms with Gasteiger partial charge in [0.05, 0.1) is 10.6 Å². The fourth-order valence-corrected chi connectivity index (χ4v) is 4.22. The average Bonchev–Trinajstić information content (AvgIpc) is 3.49. The van der Waals surface area contributed by atoms with Crippen molar-refractivity contribution >= 4 is 41.0 Å². The first-order valence-corrected chi connectivity index (χ1v) is 10.1. The van der Waals surface area contributed by atoms with Crippen LogP contribution < -0.4 is 16.0 Å². The van der Waals surface area contributed by atoms with E-state index in [9.17, 15) is 14.4 Å². The Hall–Kier alpha value is -2.57. The van der Waals surface area contributed by atoms with Crippen molar-refractivity contribution in [1.82, 2.24) is 16.0 Å². The molecule has 0 spiro atoms. The van der Waals surface area contributed by atoms with Crippen LogP contribution >= 0.6 is 23.2 Å². The average molecular weight is 432 g/mol. The minimum absolute atomic E-state index is 0.107. The molecule has 3 N–H and O–H groups in total. The van der Waals surface area contributed by atoms with Crippen LogP contribution in [0.5, 0.6) is 0 Å². The van der Waals surface area contributed by atoms with Gasteiger partial charge in [0.1, 0.15) is 5.54 Å². The molecule has 6 nitrogen and oxygen atoms in total. The molecule has 1 aliphatic heterocycles. The smallest absolute Gasteiger partial charge is 0.322 e. The molecule has 1 atom stereocenters. The second-order valence-corrected chi connectivity index (χ2v) is 8.17. The van der Waals surface area contributed by atoms with Gasteiger partial charge in [-0.3, -0.25) is 14.9 Å². The van der Waals surface area contributed by atoms with Crippen molar-refractivity contribution in [3.05, 3.63) is 58.1 Å². The molecular formula is C21H19Cl2N3O3. The van der Waals surface area contributed by atoms with Crippen LogP contribution in [-0.4, -0.2) is 29.9 Å². The second-order valence-electron chi connectivity index (χ2n) is 7.33. The minimum atomic E-state index is -0.941. The SMILES string of the molecule is O=C1NC(=O)[C@](CCNC(=O)c2c(Cl)cccc2-c2ccc(Cl)cc2)(C2CC2)N1. The molecule has 1 heterocycles. The molecule has 2 aromatic carbocycles. The Morgan fingerprint density at radius 2 is 1.83 bits per heavy atom. The van der Waals surface area contributed by atoms with Gasteiger partial charge in [-0.15, -0.1) is 0 Å². The first-order valence-electron chi connectivity index (χ1n) is 9.37. The number of carbonyl (C=O) groups is 3. The summed E-state index contributed by atoms with van der Waals surface area (Å²) in [5, 5.41) is 8.85. The van der Waals surface area contributed by atoms with Crippen molar-refractivity contribution in [2.45, 2.75) is 24.8 Å². The third-order valence-electron chi connectivity index (χ3n) is 5.44. The lowest BCUT2D eigenvalue weighted by molar-refractivity contribution is -0.124. The summed E-state index contributed by atoms with van der Waals surface area (Å²) in [6, 6.07) is 11.9. The quantitative estimate of drug-likeness (QED) is 0.608. The Balaban J connectivity index is 1.51. The van der Waals surface area contributed by atoms with Crippen LogP contribution in [0.15, 0.2) is 42.5 Å². The van der Waals surface area contributed by atoms with Crippen LogP contribution in [0.3, 0.4) is 0 Å². The van der Waals surface area contributed by atoms with E-state index in [4.69, 9.17) is 23.2 Å². The number of halogens is 2. The zero-order valence-corrected chi connectivity index (χ0v) is 16.9. The number of rotatable bonds is 6. The third-order valence-corrected chi connectivity index (χ3v) is 6.01. The third kappa shape index (κ3) is 3.82. The molecule has 0 aromatic heterocycles. The summed E-state index contributed by atoms with van der Waals surface area (Å²) in [4.78, 5) is 36.9. The first kappa shape index (κ1) is 19.7. The van der Waals surface area contributed by atoms with Gasteiger partial charge in [-0.05, 0) is 54.5 Å². The highest BCUT2D eigenvalue weighted by molar-refractivity contribution is 6.34. The predicted octanol–water partition coefficient (Wildman–Crippen LogP) is 3.77. The number of imide groups is 1. The maximum Gasteiger partial charge on any atom is 0.322 e. The Morgan fingerprint density at radius 3 is 2.45 bits per heavy atom. The molecule has 8 heteroatoms. The summed E-state index contributed by atoms with van der Waals surface area (Å²) < 4.78 is 0. The van der Waals surface area contributed by atoms with Gasteiger partial charge < -0.3 is 10.6 Å². The fourth-order valence-electron chi connectivity index (χ4n) is 3.84. The molecule has 2 aliphatic rings. The van der Waals surface area contributed by atoms with Crippen LogP contribution in [0.2, 0.25) is 10.0 Å². The van der Waals surface area contributed by atoms with E-state index in [1.807, 2.05) is 18.2 Å². The van der Waals surface area contributed by atoms with Crippen molar-refractivity contribution in [1.29, 1.82) is 0 Å². The number of urea groups is 1. The molecular weight excluding hydrogens is 413 g/mol. The van der Waals surface area contributed by atoms with E-state index < -0.39 is 11.6 Å². The van der Waals surface area contributed by atoms with Gasteiger partial charge in [-0.25, -0.2) is 4.79 Å². The summed E-state index contributed by atoms with van der Waals surface area (Å²) in [5.41, 5.74) is 0.926. The molecule has 1 aliphatic carbocycles. The lowest BCUT2D eigenvalue weighted by atomic mass is 9.89. The van der Waals surface area contributed by atoms with E-state index in [0.29, 0.717) is 27.6 Å². The Morgan fingerprint density at radius 1 is 1.10 bits per heavy atom. The standard InChI is InChI=1S/C21H19Cl2N3O3/c22-14-8-4-12(5-9-14)15-2-1-3-16(23)17(15)18(27)24-11-10-21(13-6-7-13)19(28)25-20(29)26-21/h1-5,8-9,13H,6-7,10-11H2,(H,24,27)(H2,25,26,28,29)/t21-/m0/s1. The van der Waals surface area contributed by atoms with Gasteiger partial charge in [-0.1, -0.05) is 47.5 Å². The number of carbonyl (C=O) groups excluding carboxylic acids is 3. The highest BCUT2D eigenvalue weighted by Gasteiger charge is 2.55. The van der Waals surface area contributed by atoms with Gasteiger partial charge in [-0.2, -0.15) is 0 Å². The monoisotopic (exact) mass is 431 g/mol. The molecule has 2 aromatic rings. The summed E-state index contributed by atoms with van der Waals surface area (Å²) in [5.74, 6) is -0.550. The highest BCUT2D eigenvalue weighted by Crippen LogP contribution is 2.43. The highest BCUT2D eigenvalue weighted by atomic mass is 35.5. The van der Waals surface area contributed by atoms with Crippen LogP contribution in [-0.2, 0) is 4.79 Å². The molecule has 4 amide bonds. The van der Waals surface area contributed by atoms with E-state index in [-0.39, 0.29) is 24.3 Å². The van der Waals surface area contributed by atoms with E-state index in [1.165, 1.54) is 0 Å². The molecule has 2 fully saturated rings. The number of hydrogen-bond donors (Lipinski definition) is 3. The van der Waals surface area contributed by atoms with Gasteiger partial charge >= 0.3 is 6.03 Å². The molecule has 4 rings (SSSR count). The second kappa shape index (κ2) is 7.69. The lowest BCUT2D eigenvalue weighted by Gasteiger charge is -2.26. The zero-order valence-electron chi connectivity index (χ0n) is 15.4. The number of hydrogen-bond acceptors (Lipinski definition) is 3. The molecule has 0 bridgehead atoms. The minimum Gasteiger partial charge on any atom is -0.352 e. The van der Waals surface area contributed by atoms with Gasteiger partial charge in [0, 0.05) is 11.6 Å². The van der Waals surface area contributed by atoms with Crippen LogP contribution in [0.1, 0.15) is 29.6 Å². The summed E-state index contributed by atoms with van der Waals surface area (Å²) in [6.45, 7) is 0.230. The normalized spacial score (nSPS) is 20.9. The zero-order chi connectivity index (χ0) is 20.6. The molecule has 1 saturated carbocycles. The van der Waals surface area contributed by atoms with Crippen molar-refractivity contribution in [3.63, 3.8) is 0 Å². The van der Waals surface area contributed by atoms with Crippen molar-refractivity contribution in [3.8, 4) is 11.1 Å². The summed E-state index contributed by atoms with van der Waals surface area (Å²) >= 11 is 12.3. The molecule has 29 heavy (non-hydrogen) atoms. The number of nitrogens with one attached hydrogen (secondary N) is 3. The first-order chi connectivity index (χ1) is 13.9. The van der Waals surface area contributed by atoms with Crippen LogP contribution in [0.4, 0.5) is 4.79 Å². The van der Waals surface area contributed by atoms with Crippen molar-refractivity contribution < 1.29 is 14.4 Å². The van der Waals surface area contributed by atoms with Gasteiger partial charge in [0.15, 0.2) is 0 Å². The Bertz CT molecular complexity index is 989. The van der Waals surface area contributed by atoms with Crippen LogP contribution in [0, 0.1) is 5.92 Å². The molecule has 0 unspecified atom stereocenters. The maximum atomic E-state index is 12.9. The van der Waals surface area contributed by atoms with Gasteiger partial charge in [0.25, 0.3) is 11.8 Å². The number of amides is 4.